The van der Waals surface area contributed by atoms with E-state index in [1.54, 1.807) is 0 Å². The Morgan fingerprint density at radius 3 is 2.64 bits per heavy atom. The van der Waals surface area contributed by atoms with E-state index in [4.69, 9.17) is 4.74 Å². The molecule has 2 N–H and O–H groups in total. The molecule has 0 spiro atoms. The Morgan fingerprint density at radius 1 is 1.08 bits per heavy atom. The van der Waals surface area contributed by atoms with Crippen molar-refractivity contribution in [3.63, 3.8) is 0 Å². The monoisotopic (exact) mass is 340 g/mol. The van der Waals surface area contributed by atoms with Crippen LogP contribution in [0.4, 0.5) is 5.69 Å². The lowest BCUT2D eigenvalue weighted by molar-refractivity contribution is -0.119. The third-order valence-electron chi connectivity index (χ3n) is 3.83. The van der Waals surface area contributed by atoms with E-state index >= 15 is 0 Å². The number of anilines is 1. The highest BCUT2D eigenvalue weighted by atomic mass is 16.5. The predicted octanol–water partition coefficient (Wildman–Crippen LogP) is 3.88. The van der Waals surface area contributed by atoms with Crippen LogP contribution in [-0.4, -0.2) is 25.6 Å². The number of ether oxygens (including phenoxy) is 1. The summed E-state index contributed by atoms with van der Waals surface area (Å²) in [5.41, 5.74) is 2.11. The lowest BCUT2D eigenvalue weighted by atomic mass is 10.1. The second-order valence-corrected chi connectivity index (χ2v) is 6.50. The molecular weight excluding hydrogens is 312 g/mol. The van der Waals surface area contributed by atoms with E-state index < -0.39 is 0 Å². The quantitative estimate of drug-likeness (QED) is 0.690. The van der Waals surface area contributed by atoms with Crippen molar-refractivity contribution in [3.8, 4) is 5.75 Å². The summed E-state index contributed by atoms with van der Waals surface area (Å²) in [7, 11) is 0. The molecule has 0 bridgehead atoms. The lowest BCUT2D eigenvalue weighted by Crippen LogP contribution is -2.31. The molecular formula is C21H28N2O2. The van der Waals surface area contributed by atoms with Gasteiger partial charge in [-0.3, -0.25) is 4.79 Å². The SMILES string of the molecule is CC(C)CCOc1cccc(NCC(=O)NCCc2ccccc2)c1. The third kappa shape index (κ3) is 7.75. The standard InChI is InChI=1S/C21H28N2O2/c1-17(2)12-14-25-20-10-6-9-19(15-20)23-16-21(24)22-13-11-18-7-4-3-5-8-18/h3-10,15,17,23H,11-14,16H2,1-2H3,(H,22,24). The van der Waals surface area contributed by atoms with Crippen molar-refractivity contribution >= 4 is 11.6 Å². The van der Waals surface area contributed by atoms with Crippen LogP contribution in [-0.2, 0) is 11.2 Å². The summed E-state index contributed by atoms with van der Waals surface area (Å²) >= 11 is 0. The molecule has 0 aliphatic rings. The van der Waals surface area contributed by atoms with E-state index in [9.17, 15) is 4.79 Å². The van der Waals surface area contributed by atoms with Crippen LogP contribution >= 0.6 is 0 Å². The van der Waals surface area contributed by atoms with Crippen LogP contribution in [0, 0.1) is 5.92 Å². The van der Waals surface area contributed by atoms with Gasteiger partial charge in [0.1, 0.15) is 5.75 Å². The molecule has 0 saturated heterocycles. The highest BCUT2D eigenvalue weighted by Crippen LogP contribution is 2.17. The van der Waals surface area contributed by atoms with E-state index in [0.29, 0.717) is 19.1 Å². The highest BCUT2D eigenvalue weighted by molar-refractivity contribution is 5.80. The van der Waals surface area contributed by atoms with Crippen LogP contribution in [0.15, 0.2) is 54.6 Å². The van der Waals surface area contributed by atoms with E-state index in [0.717, 1.165) is 24.3 Å². The molecule has 0 aromatic heterocycles. The van der Waals surface area contributed by atoms with Crippen LogP contribution in [0.2, 0.25) is 0 Å². The normalized spacial score (nSPS) is 10.5. The maximum Gasteiger partial charge on any atom is 0.239 e. The Kier molecular flexibility index (Phi) is 7.83. The molecule has 1 amide bonds. The zero-order valence-electron chi connectivity index (χ0n) is 15.1. The largest absolute Gasteiger partial charge is 0.494 e. The first-order valence-corrected chi connectivity index (χ1v) is 8.91. The minimum Gasteiger partial charge on any atom is -0.494 e. The van der Waals surface area contributed by atoms with Crippen molar-refractivity contribution in [2.24, 2.45) is 5.92 Å². The number of carbonyl (C=O) groups is 1. The van der Waals surface area contributed by atoms with Gasteiger partial charge in [-0.2, -0.15) is 0 Å². The number of hydrogen-bond acceptors (Lipinski definition) is 3. The molecule has 2 aromatic carbocycles. The van der Waals surface area contributed by atoms with E-state index in [1.807, 2.05) is 42.5 Å². The van der Waals surface area contributed by atoms with Gasteiger partial charge in [0.25, 0.3) is 0 Å². The second-order valence-electron chi connectivity index (χ2n) is 6.50. The summed E-state index contributed by atoms with van der Waals surface area (Å²) in [4.78, 5) is 11.9. The average Bonchev–Trinajstić information content (AvgIpc) is 2.61. The van der Waals surface area contributed by atoms with Gasteiger partial charge in [-0.15, -0.1) is 0 Å². The van der Waals surface area contributed by atoms with E-state index in [1.165, 1.54) is 5.56 Å². The molecule has 0 fully saturated rings. The Morgan fingerprint density at radius 2 is 1.88 bits per heavy atom. The molecule has 0 heterocycles. The fourth-order valence-corrected chi connectivity index (χ4v) is 2.34. The second kappa shape index (κ2) is 10.4. The molecule has 2 aromatic rings. The molecule has 0 saturated carbocycles. The first kappa shape index (κ1) is 18.8. The van der Waals surface area contributed by atoms with Crippen molar-refractivity contribution in [2.75, 3.05) is 25.0 Å². The van der Waals surface area contributed by atoms with E-state index in [-0.39, 0.29) is 12.5 Å². The summed E-state index contributed by atoms with van der Waals surface area (Å²) in [6.45, 7) is 5.96. The number of benzene rings is 2. The number of hydrogen-bond donors (Lipinski definition) is 2. The number of nitrogens with one attached hydrogen (secondary N) is 2. The first-order chi connectivity index (χ1) is 12.1. The van der Waals surface area contributed by atoms with Gasteiger partial charge in [0, 0.05) is 18.3 Å². The number of amides is 1. The topological polar surface area (TPSA) is 50.4 Å². The Bertz CT molecular complexity index is 641. The molecule has 0 aliphatic heterocycles. The molecule has 0 radical (unpaired) electrons. The molecule has 0 unspecified atom stereocenters. The van der Waals surface area contributed by atoms with Crippen LogP contribution in [0.25, 0.3) is 0 Å². The maximum atomic E-state index is 11.9. The fourth-order valence-electron chi connectivity index (χ4n) is 2.34. The van der Waals surface area contributed by atoms with Crippen LogP contribution < -0.4 is 15.4 Å². The maximum absolute atomic E-state index is 11.9. The van der Waals surface area contributed by atoms with Crippen LogP contribution in [0.3, 0.4) is 0 Å². The number of rotatable bonds is 10. The summed E-state index contributed by atoms with van der Waals surface area (Å²) in [5.74, 6) is 1.44. The van der Waals surface area contributed by atoms with Crippen molar-refractivity contribution in [1.29, 1.82) is 0 Å². The van der Waals surface area contributed by atoms with Crippen LogP contribution in [0.5, 0.6) is 5.75 Å². The Hall–Kier alpha value is -2.49. The van der Waals surface area contributed by atoms with Gasteiger partial charge in [-0.25, -0.2) is 0 Å². The molecule has 4 heteroatoms. The lowest BCUT2D eigenvalue weighted by Gasteiger charge is -2.11. The average molecular weight is 340 g/mol. The van der Waals surface area contributed by atoms with Gasteiger partial charge in [0.05, 0.1) is 13.2 Å². The summed E-state index contributed by atoms with van der Waals surface area (Å²) in [6, 6.07) is 17.9. The van der Waals surface area contributed by atoms with Gasteiger partial charge in [0.2, 0.25) is 5.91 Å². The van der Waals surface area contributed by atoms with Gasteiger partial charge in [-0.1, -0.05) is 50.2 Å². The minimum absolute atomic E-state index is 0.0120. The van der Waals surface area contributed by atoms with Crippen molar-refractivity contribution in [3.05, 3.63) is 60.2 Å². The van der Waals surface area contributed by atoms with Gasteiger partial charge >= 0.3 is 0 Å². The van der Waals surface area contributed by atoms with Crippen LogP contribution in [0.1, 0.15) is 25.8 Å². The zero-order chi connectivity index (χ0) is 17.9. The minimum atomic E-state index is -0.0120. The smallest absolute Gasteiger partial charge is 0.239 e. The molecule has 25 heavy (non-hydrogen) atoms. The predicted molar refractivity (Wildman–Crippen MR) is 103 cm³/mol. The summed E-state index contributed by atoms with van der Waals surface area (Å²) in [6.07, 6.45) is 1.87. The molecule has 134 valence electrons. The number of carbonyl (C=O) groups excluding carboxylic acids is 1. The first-order valence-electron chi connectivity index (χ1n) is 8.91. The molecule has 0 atom stereocenters. The fraction of sp³-hybridized carbons (Fsp3) is 0.381. The van der Waals surface area contributed by atoms with Crippen molar-refractivity contribution < 1.29 is 9.53 Å². The summed E-state index contributed by atoms with van der Waals surface area (Å²) in [5, 5.41) is 6.07. The molecule has 0 aliphatic carbocycles. The van der Waals surface area contributed by atoms with Crippen molar-refractivity contribution in [2.45, 2.75) is 26.7 Å². The highest BCUT2D eigenvalue weighted by Gasteiger charge is 2.03. The summed E-state index contributed by atoms with van der Waals surface area (Å²) < 4.78 is 5.74. The van der Waals surface area contributed by atoms with Gasteiger partial charge in [-0.05, 0) is 36.5 Å². The van der Waals surface area contributed by atoms with E-state index in [2.05, 4.69) is 36.6 Å². The molecule has 4 nitrogen and oxygen atoms in total. The van der Waals surface area contributed by atoms with Gasteiger partial charge in [0.15, 0.2) is 0 Å². The Labute approximate surface area is 150 Å². The zero-order valence-corrected chi connectivity index (χ0v) is 15.1. The van der Waals surface area contributed by atoms with Gasteiger partial charge < -0.3 is 15.4 Å². The van der Waals surface area contributed by atoms with Crippen molar-refractivity contribution in [1.82, 2.24) is 5.32 Å². The molecule has 2 rings (SSSR count). The third-order valence-corrected chi connectivity index (χ3v) is 3.83. The Balaban J connectivity index is 1.68.